The van der Waals surface area contributed by atoms with Gasteiger partial charge in [-0.3, -0.25) is 0 Å². The van der Waals surface area contributed by atoms with Gasteiger partial charge >= 0.3 is 0 Å². The first-order valence-electron chi connectivity index (χ1n) is 5.25. The largest absolute Gasteiger partial charge is 0.390 e. The second-order valence-corrected chi connectivity index (χ2v) is 6.03. The summed E-state index contributed by atoms with van der Waals surface area (Å²) in [5.41, 5.74) is 6.94. The van der Waals surface area contributed by atoms with E-state index in [1.54, 1.807) is 23.0 Å². The highest BCUT2D eigenvalue weighted by Gasteiger charge is 2.15. The quantitative estimate of drug-likeness (QED) is 0.794. The third-order valence-electron chi connectivity index (χ3n) is 2.44. The topological polar surface area (TPSA) is 78.3 Å². The first-order valence-corrected chi connectivity index (χ1v) is 6.88. The SMILES string of the molecule is COCc1nnc2sc(-c3cc(C)sc3N)nn12. The van der Waals surface area contributed by atoms with E-state index in [1.165, 1.54) is 16.2 Å². The van der Waals surface area contributed by atoms with Crippen LogP contribution in [0.5, 0.6) is 0 Å². The molecule has 3 heterocycles. The van der Waals surface area contributed by atoms with Crippen molar-refractivity contribution < 1.29 is 4.74 Å². The average molecular weight is 281 g/mol. The highest BCUT2D eigenvalue weighted by atomic mass is 32.1. The number of anilines is 1. The predicted molar refractivity (Wildman–Crippen MR) is 71.8 cm³/mol. The number of hydrogen-bond donors (Lipinski definition) is 1. The Morgan fingerprint density at radius 1 is 1.39 bits per heavy atom. The molecule has 6 nitrogen and oxygen atoms in total. The van der Waals surface area contributed by atoms with Crippen molar-refractivity contribution in [1.82, 2.24) is 19.8 Å². The summed E-state index contributed by atoms with van der Waals surface area (Å²) in [7, 11) is 1.62. The van der Waals surface area contributed by atoms with Gasteiger partial charge in [-0.2, -0.15) is 9.61 Å². The second kappa shape index (κ2) is 4.30. The van der Waals surface area contributed by atoms with Crippen LogP contribution >= 0.6 is 22.7 Å². The maximum atomic E-state index is 5.98. The Morgan fingerprint density at radius 2 is 2.22 bits per heavy atom. The van der Waals surface area contributed by atoms with E-state index in [0.717, 1.165) is 20.5 Å². The van der Waals surface area contributed by atoms with Crippen molar-refractivity contribution in [3.05, 3.63) is 16.8 Å². The Morgan fingerprint density at radius 3 is 2.89 bits per heavy atom. The summed E-state index contributed by atoms with van der Waals surface area (Å²) >= 11 is 3.04. The molecule has 0 saturated heterocycles. The van der Waals surface area contributed by atoms with Crippen LogP contribution in [-0.4, -0.2) is 26.9 Å². The van der Waals surface area contributed by atoms with Gasteiger partial charge in [0.05, 0.1) is 5.00 Å². The molecule has 18 heavy (non-hydrogen) atoms. The Hall–Kier alpha value is -1.51. The van der Waals surface area contributed by atoms with Crippen molar-refractivity contribution in [2.24, 2.45) is 0 Å². The van der Waals surface area contributed by atoms with Gasteiger partial charge in [0, 0.05) is 17.6 Å². The van der Waals surface area contributed by atoms with E-state index in [0.29, 0.717) is 12.4 Å². The molecule has 0 unspecified atom stereocenters. The van der Waals surface area contributed by atoms with Crippen molar-refractivity contribution in [1.29, 1.82) is 0 Å². The summed E-state index contributed by atoms with van der Waals surface area (Å²) in [6, 6.07) is 2.04. The summed E-state index contributed by atoms with van der Waals surface area (Å²) in [6.07, 6.45) is 0. The zero-order chi connectivity index (χ0) is 12.7. The van der Waals surface area contributed by atoms with Gasteiger partial charge in [0.1, 0.15) is 6.61 Å². The summed E-state index contributed by atoms with van der Waals surface area (Å²) in [5.74, 6) is 0.695. The molecule has 0 radical (unpaired) electrons. The molecule has 0 atom stereocenters. The zero-order valence-corrected chi connectivity index (χ0v) is 11.5. The highest BCUT2D eigenvalue weighted by molar-refractivity contribution is 7.21. The van der Waals surface area contributed by atoms with Crippen LogP contribution in [-0.2, 0) is 11.3 Å². The molecule has 94 valence electrons. The minimum absolute atomic E-state index is 0.391. The second-order valence-electron chi connectivity index (χ2n) is 3.79. The lowest BCUT2D eigenvalue weighted by molar-refractivity contribution is 0.176. The number of methoxy groups -OCH3 is 1. The highest BCUT2D eigenvalue weighted by Crippen LogP contribution is 2.35. The van der Waals surface area contributed by atoms with Crippen LogP contribution in [0.3, 0.4) is 0 Å². The molecule has 0 amide bonds. The monoisotopic (exact) mass is 281 g/mol. The lowest BCUT2D eigenvalue weighted by Gasteiger charge is -1.93. The Bertz CT molecular complexity index is 698. The van der Waals surface area contributed by atoms with Crippen LogP contribution in [0.4, 0.5) is 5.00 Å². The van der Waals surface area contributed by atoms with E-state index in [2.05, 4.69) is 15.3 Å². The fraction of sp³-hybridized carbons (Fsp3) is 0.300. The van der Waals surface area contributed by atoms with Crippen molar-refractivity contribution >= 4 is 32.6 Å². The summed E-state index contributed by atoms with van der Waals surface area (Å²) in [5, 5.41) is 14.2. The smallest absolute Gasteiger partial charge is 0.235 e. The van der Waals surface area contributed by atoms with Gasteiger partial charge < -0.3 is 10.5 Å². The molecule has 0 spiro atoms. The van der Waals surface area contributed by atoms with Crippen LogP contribution in [0.15, 0.2) is 6.07 Å². The number of nitrogens with two attached hydrogens (primary N) is 1. The first kappa shape index (κ1) is 11.6. The standard InChI is InChI=1S/C10H11N5OS2/c1-5-3-6(8(11)17-5)9-14-15-7(4-16-2)12-13-10(15)18-9/h3H,4,11H2,1-2H3. The zero-order valence-electron chi connectivity index (χ0n) is 9.88. The molecule has 0 aliphatic heterocycles. The molecule has 0 saturated carbocycles. The molecule has 2 N–H and O–H groups in total. The maximum Gasteiger partial charge on any atom is 0.235 e. The number of aromatic nitrogens is 4. The predicted octanol–water partition coefficient (Wildman–Crippen LogP) is 1.95. The van der Waals surface area contributed by atoms with Gasteiger partial charge in [-0.15, -0.1) is 21.5 Å². The van der Waals surface area contributed by atoms with E-state index >= 15 is 0 Å². The fourth-order valence-electron chi connectivity index (χ4n) is 1.68. The van der Waals surface area contributed by atoms with Crippen molar-refractivity contribution in [3.63, 3.8) is 0 Å². The molecule has 0 fully saturated rings. The van der Waals surface area contributed by atoms with Crippen molar-refractivity contribution in [2.45, 2.75) is 13.5 Å². The number of aryl methyl sites for hydroxylation is 1. The van der Waals surface area contributed by atoms with Crippen LogP contribution in [0, 0.1) is 6.92 Å². The average Bonchev–Trinajstić information content (AvgIpc) is 2.95. The van der Waals surface area contributed by atoms with E-state index in [-0.39, 0.29) is 0 Å². The maximum absolute atomic E-state index is 5.98. The van der Waals surface area contributed by atoms with E-state index < -0.39 is 0 Å². The summed E-state index contributed by atoms with van der Waals surface area (Å²) < 4.78 is 6.76. The van der Waals surface area contributed by atoms with Gasteiger partial charge in [0.15, 0.2) is 10.8 Å². The third-order valence-corrected chi connectivity index (χ3v) is 4.26. The molecular formula is C10H11N5OS2. The van der Waals surface area contributed by atoms with Gasteiger partial charge in [-0.25, -0.2) is 0 Å². The lowest BCUT2D eigenvalue weighted by Crippen LogP contribution is -1.97. The first-order chi connectivity index (χ1) is 8.69. The minimum Gasteiger partial charge on any atom is -0.390 e. The van der Waals surface area contributed by atoms with Gasteiger partial charge in [-0.1, -0.05) is 11.3 Å². The number of nitrogens with zero attached hydrogens (tertiary/aromatic N) is 4. The Balaban J connectivity index is 2.11. The molecule has 0 aliphatic carbocycles. The summed E-state index contributed by atoms with van der Waals surface area (Å²) in [4.78, 5) is 1.92. The van der Waals surface area contributed by atoms with Gasteiger partial charge in [-0.05, 0) is 13.0 Å². The third kappa shape index (κ3) is 1.78. The fourth-order valence-corrected chi connectivity index (χ4v) is 3.43. The number of thiophene rings is 1. The molecule has 0 aliphatic rings. The molecule has 0 bridgehead atoms. The van der Waals surface area contributed by atoms with E-state index in [1.807, 2.05) is 13.0 Å². The number of nitrogen functional groups attached to an aromatic ring is 1. The molecule has 0 aromatic carbocycles. The Labute approximate surface area is 111 Å². The number of rotatable bonds is 3. The van der Waals surface area contributed by atoms with Crippen LogP contribution in [0.25, 0.3) is 15.5 Å². The van der Waals surface area contributed by atoms with Gasteiger partial charge in [0.2, 0.25) is 4.96 Å². The van der Waals surface area contributed by atoms with Crippen LogP contribution in [0.2, 0.25) is 0 Å². The molecular weight excluding hydrogens is 270 g/mol. The van der Waals surface area contributed by atoms with Crippen molar-refractivity contribution in [3.8, 4) is 10.6 Å². The molecule has 3 rings (SSSR count). The van der Waals surface area contributed by atoms with E-state index in [9.17, 15) is 0 Å². The van der Waals surface area contributed by atoms with Crippen LogP contribution in [0.1, 0.15) is 10.7 Å². The molecule has 8 heteroatoms. The van der Waals surface area contributed by atoms with Crippen LogP contribution < -0.4 is 5.73 Å². The summed E-state index contributed by atoms with van der Waals surface area (Å²) in [6.45, 7) is 2.42. The molecule has 3 aromatic heterocycles. The molecule has 3 aromatic rings. The number of fused-ring (bicyclic) bond motifs is 1. The lowest BCUT2D eigenvalue weighted by atomic mass is 10.3. The Kier molecular flexibility index (Phi) is 2.77. The minimum atomic E-state index is 0.391. The van der Waals surface area contributed by atoms with E-state index in [4.69, 9.17) is 10.5 Å². The van der Waals surface area contributed by atoms with Crippen molar-refractivity contribution in [2.75, 3.05) is 12.8 Å². The van der Waals surface area contributed by atoms with Gasteiger partial charge in [0.25, 0.3) is 0 Å². The normalized spacial score (nSPS) is 11.4. The number of ether oxygens (including phenoxy) is 1. The number of hydrogen-bond acceptors (Lipinski definition) is 7.